The molecule has 28 heavy (non-hydrogen) atoms. The Morgan fingerprint density at radius 2 is 1.89 bits per heavy atom. The lowest BCUT2D eigenvalue weighted by atomic mass is 9.56. The SMILES string of the molecule is CC1NC(=O)C2(C)CCC(c3ccc(C#N)cc3Cl)C(c3ccc(Cl)cc3)C12. The maximum atomic E-state index is 12.8. The number of nitriles is 1. The Bertz CT molecular complexity index is 966. The molecule has 5 unspecified atom stereocenters. The third kappa shape index (κ3) is 3.00. The van der Waals surface area contributed by atoms with Gasteiger partial charge in [-0.1, -0.05) is 48.3 Å². The van der Waals surface area contributed by atoms with Gasteiger partial charge in [0.2, 0.25) is 5.91 Å². The Hall–Kier alpha value is -2.02. The van der Waals surface area contributed by atoms with Gasteiger partial charge in [-0.2, -0.15) is 5.26 Å². The molecule has 2 fully saturated rings. The Labute approximate surface area is 175 Å². The minimum Gasteiger partial charge on any atom is -0.353 e. The van der Waals surface area contributed by atoms with Crippen molar-refractivity contribution in [3.05, 3.63) is 69.2 Å². The lowest BCUT2D eigenvalue weighted by molar-refractivity contribution is -0.129. The van der Waals surface area contributed by atoms with Crippen LogP contribution in [0.4, 0.5) is 0 Å². The van der Waals surface area contributed by atoms with Gasteiger partial charge in [0.25, 0.3) is 0 Å². The summed E-state index contributed by atoms with van der Waals surface area (Å²) in [6, 6.07) is 15.7. The van der Waals surface area contributed by atoms with Gasteiger partial charge in [-0.3, -0.25) is 4.79 Å². The molecule has 0 bridgehead atoms. The van der Waals surface area contributed by atoms with Gasteiger partial charge in [-0.15, -0.1) is 0 Å². The average molecular weight is 413 g/mol. The number of nitrogens with zero attached hydrogens (tertiary/aromatic N) is 1. The molecule has 2 aromatic carbocycles. The highest BCUT2D eigenvalue weighted by molar-refractivity contribution is 6.31. The van der Waals surface area contributed by atoms with Gasteiger partial charge in [-0.05, 0) is 67.0 Å². The third-order valence-electron chi connectivity index (χ3n) is 6.73. The molecule has 144 valence electrons. The summed E-state index contributed by atoms with van der Waals surface area (Å²) >= 11 is 12.7. The predicted octanol–water partition coefficient (Wildman–Crippen LogP) is 5.67. The first kappa shape index (κ1) is 19.3. The Kier molecular flexibility index (Phi) is 4.89. The first-order valence-electron chi connectivity index (χ1n) is 9.61. The zero-order valence-corrected chi connectivity index (χ0v) is 17.4. The Morgan fingerprint density at radius 3 is 2.54 bits per heavy atom. The van der Waals surface area contributed by atoms with Crippen molar-refractivity contribution in [2.24, 2.45) is 11.3 Å². The number of rotatable bonds is 2. The second kappa shape index (κ2) is 7.10. The summed E-state index contributed by atoms with van der Waals surface area (Å²) in [5, 5.41) is 13.7. The van der Waals surface area contributed by atoms with E-state index in [2.05, 4.69) is 37.4 Å². The summed E-state index contributed by atoms with van der Waals surface area (Å²) in [5.74, 6) is 0.616. The maximum Gasteiger partial charge on any atom is 0.226 e. The second-order valence-electron chi connectivity index (χ2n) is 8.28. The highest BCUT2D eigenvalue weighted by atomic mass is 35.5. The van der Waals surface area contributed by atoms with Gasteiger partial charge < -0.3 is 5.32 Å². The minimum atomic E-state index is -0.390. The fourth-order valence-electron chi connectivity index (χ4n) is 5.41. The largest absolute Gasteiger partial charge is 0.353 e. The molecule has 4 rings (SSSR count). The topological polar surface area (TPSA) is 52.9 Å². The van der Waals surface area contributed by atoms with Crippen molar-refractivity contribution >= 4 is 29.1 Å². The van der Waals surface area contributed by atoms with Crippen LogP contribution in [0.15, 0.2) is 42.5 Å². The molecule has 1 amide bonds. The zero-order chi connectivity index (χ0) is 20.1. The molecule has 2 aromatic rings. The molecule has 3 nitrogen and oxygen atoms in total. The van der Waals surface area contributed by atoms with Crippen LogP contribution in [-0.2, 0) is 4.79 Å². The van der Waals surface area contributed by atoms with E-state index in [1.165, 1.54) is 5.56 Å². The van der Waals surface area contributed by atoms with E-state index in [9.17, 15) is 10.1 Å². The molecular formula is C23H22Cl2N2O. The Balaban J connectivity index is 1.85. The van der Waals surface area contributed by atoms with Crippen LogP contribution in [0.3, 0.4) is 0 Å². The lowest BCUT2D eigenvalue weighted by Crippen LogP contribution is -2.42. The van der Waals surface area contributed by atoms with E-state index in [0.717, 1.165) is 18.4 Å². The van der Waals surface area contributed by atoms with Crippen molar-refractivity contribution in [2.45, 2.75) is 44.6 Å². The van der Waals surface area contributed by atoms with Crippen molar-refractivity contribution < 1.29 is 4.79 Å². The summed E-state index contributed by atoms with van der Waals surface area (Å²) in [4.78, 5) is 12.8. The first-order chi connectivity index (χ1) is 13.3. The van der Waals surface area contributed by atoms with Crippen LogP contribution in [0.5, 0.6) is 0 Å². The highest BCUT2D eigenvalue weighted by Crippen LogP contribution is 2.59. The average Bonchev–Trinajstić information content (AvgIpc) is 2.91. The summed E-state index contributed by atoms with van der Waals surface area (Å²) < 4.78 is 0. The van der Waals surface area contributed by atoms with Crippen LogP contribution in [0.25, 0.3) is 0 Å². The van der Waals surface area contributed by atoms with Gasteiger partial charge in [0.15, 0.2) is 0 Å². The molecule has 1 heterocycles. The number of hydrogen-bond donors (Lipinski definition) is 1. The van der Waals surface area contributed by atoms with E-state index >= 15 is 0 Å². The van der Waals surface area contributed by atoms with Crippen LogP contribution in [0, 0.1) is 22.7 Å². The number of carbonyl (C=O) groups excluding carboxylic acids is 1. The summed E-state index contributed by atoms with van der Waals surface area (Å²) in [6.07, 6.45) is 1.69. The predicted molar refractivity (Wildman–Crippen MR) is 112 cm³/mol. The molecule has 1 aliphatic carbocycles. The van der Waals surface area contributed by atoms with Gasteiger partial charge in [0.1, 0.15) is 0 Å². The maximum absolute atomic E-state index is 12.8. The third-order valence-corrected chi connectivity index (χ3v) is 7.31. The number of carbonyl (C=O) groups is 1. The van der Waals surface area contributed by atoms with Crippen molar-refractivity contribution in [1.29, 1.82) is 5.26 Å². The molecule has 0 aromatic heterocycles. The highest BCUT2D eigenvalue weighted by Gasteiger charge is 2.57. The molecule has 1 saturated heterocycles. The van der Waals surface area contributed by atoms with E-state index in [1.807, 2.05) is 24.3 Å². The smallest absolute Gasteiger partial charge is 0.226 e. The number of amides is 1. The van der Waals surface area contributed by atoms with Crippen LogP contribution in [0.2, 0.25) is 10.0 Å². The van der Waals surface area contributed by atoms with E-state index < -0.39 is 0 Å². The summed E-state index contributed by atoms with van der Waals surface area (Å²) in [6.45, 7) is 4.19. The fourth-order valence-corrected chi connectivity index (χ4v) is 5.85. The monoisotopic (exact) mass is 412 g/mol. The summed E-state index contributed by atoms with van der Waals surface area (Å²) in [7, 11) is 0. The normalized spacial score (nSPS) is 31.8. The number of halogens is 2. The quantitative estimate of drug-likeness (QED) is 0.690. The number of fused-ring (bicyclic) bond motifs is 1. The van der Waals surface area contributed by atoms with Crippen LogP contribution in [0.1, 0.15) is 55.2 Å². The van der Waals surface area contributed by atoms with Gasteiger partial charge in [0, 0.05) is 22.0 Å². The number of nitrogens with one attached hydrogen (secondary N) is 1. The van der Waals surface area contributed by atoms with Gasteiger partial charge in [0.05, 0.1) is 17.0 Å². The van der Waals surface area contributed by atoms with Crippen molar-refractivity contribution in [3.8, 4) is 6.07 Å². The first-order valence-corrected chi connectivity index (χ1v) is 10.4. The molecule has 0 radical (unpaired) electrons. The van der Waals surface area contributed by atoms with Crippen molar-refractivity contribution in [3.63, 3.8) is 0 Å². The zero-order valence-electron chi connectivity index (χ0n) is 15.9. The molecule has 0 spiro atoms. The van der Waals surface area contributed by atoms with E-state index in [4.69, 9.17) is 23.2 Å². The van der Waals surface area contributed by atoms with Crippen LogP contribution >= 0.6 is 23.2 Å². The second-order valence-corrected chi connectivity index (χ2v) is 9.12. The van der Waals surface area contributed by atoms with Crippen LogP contribution in [-0.4, -0.2) is 11.9 Å². The summed E-state index contributed by atoms with van der Waals surface area (Å²) in [5.41, 5.74) is 2.39. The van der Waals surface area contributed by atoms with Crippen LogP contribution < -0.4 is 5.32 Å². The number of benzene rings is 2. The number of hydrogen-bond acceptors (Lipinski definition) is 2. The van der Waals surface area contributed by atoms with Crippen molar-refractivity contribution in [1.82, 2.24) is 5.32 Å². The molecule has 5 atom stereocenters. The van der Waals surface area contributed by atoms with E-state index in [-0.39, 0.29) is 35.1 Å². The lowest BCUT2D eigenvalue weighted by Gasteiger charge is -2.46. The molecule has 5 heteroatoms. The standard InChI is InChI=1S/C23H22Cl2N2O/c1-13-21-20(15-4-6-16(24)7-5-15)18(9-10-23(21,2)22(28)27-13)17-8-3-14(12-26)11-19(17)25/h3-8,11,13,18,20-21H,9-10H2,1-2H3,(H,27,28). The minimum absolute atomic E-state index is 0.0816. The van der Waals surface area contributed by atoms with E-state index in [0.29, 0.717) is 15.6 Å². The molecule has 1 aliphatic heterocycles. The Morgan fingerprint density at radius 1 is 1.18 bits per heavy atom. The van der Waals surface area contributed by atoms with Gasteiger partial charge in [-0.25, -0.2) is 0 Å². The molecule has 1 saturated carbocycles. The molecular weight excluding hydrogens is 391 g/mol. The van der Waals surface area contributed by atoms with Gasteiger partial charge >= 0.3 is 0 Å². The molecule has 2 aliphatic rings. The molecule has 1 N–H and O–H groups in total. The van der Waals surface area contributed by atoms with E-state index in [1.54, 1.807) is 6.07 Å². The fraction of sp³-hybridized carbons (Fsp3) is 0.391. The van der Waals surface area contributed by atoms with Crippen molar-refractivity contribution in [2.75, 3.05) is 0 Å².